The normalized spacial score (nSPS) is 11.1. The molecule has 0 radical (unpaired) electrons. The molecule has 0 aromatic heterocycles. The van der Waals surface area contributed by atoms with Gasteiger partial charge in [-0.3, -0.25) is 0 Å². The Labute approximate surface area is 111 Å². The van der Waals surface area contributed by atoms with E-state index in [1.165, 1.54) is 5.56 Å². The van der Waals surface area contributed by atoms with Crippen molar-refractivity contribution in [3.8, 4) is 5.75 Å². The van der Waals surface area contributed by atoms with E-state index in [-0.39, 0.29) is 0 Å². The molecule has 0 saturated heterocycles. The maximum atomic E-state index is 5.51. The van der Waals surface area contributed by atoms with Gasteiger partial charge in [-0.1, -0.05) is 19.9 Å². The van der Waals surface area contributed by atoms with Crippen LogP contribution in [0.2, 0.25) is 0 Å². The molecule has 0 aliphatic rings. The first-order valence-corrected chi connectivity index (χ1v) is 6.49. The molecule has 0 fully saturated rings. The highest BCUT2D eigenvalue weighted by Gasteiger charge is 2.10. The average molecular weight is 250 g/mol. The smallest absolute Gasteiger partial charge is 0.142 e. The van der Waals surface area contributed by atoms with Crippen molar-refractivity contribution in [2.75, 3.05) is 46.2 Å². The van der Waals surface area contributed by atoms with Crippen molar-refractivity contribution in [3.63, 3.8) is 0 Å². The van der Waals surface area contributed by atoms with E-state index in [4.69, 9.17) is 4.74 Å². The van der Waals surface area contributed by atoms with Crippen molar-refractivity contribution in [1.82, 2.24) is 4.90 Å². The highest BCUT2D eigenvalue weighted by molar-refractivity contribution is 5.59. The molecule has 3 nitrogen and oxygen atoms in total. The monoisotopic (exact) mass is 250 g/mol. The molecular weight excluding hydrogens is 224 g/mol. The highest BCUT2D eigenvalue weighted by atomic mass is 16.5. The Morgan fingerprint density at radius 1 is 1.11 bits per heavy atom. The van der Waals surface area contributed by atoms with Gasteiger partial charge >= 0.3 is 0 Å². The molecule has 0 bridgehead atoms. The lowest BCUT2D eigenvalue weighted by Crippen LogP contribution is -2.28. The summed E-state index contributed by atoms with van der Waals surface area (Å²) in [5, 5.41) is 0. The molecule has 1 rings (SSSR count). The molecule has 0 unspecified atom stereocenters. The molecule has 18 heavy (non-hydrogen) atoms. The van der Waals surface area contributed by atoms with Crippen LogP contribution in [0.25, 0.3) is 0 Å². The summed E-state index contributed by atoms with van der Waals surface area (Å²) in [6.07, 6.45) is 0. The Kier molecular flexibility index (Phi) is 5.48. The van der Waals surface area contributed by atoms with Gasteiger partial charge in [0, 0.05) is 20.1 Å². The number of rotatable bonds is 6. The summed E-state index contributed by atoms with van der Waals surface area (Å²) in [7, 11) is 8.03. The van der Waals surface area contributed by atoms with Gasteiger partial charge in [-0.2, -0.15) is 0 Å². The van der Waals surface area contributed by atoms with Crippen molar-refractivity contribution in [2.45, 2.75) is 19.8 Å². The van der Waals surface area contributed by atoms with Crippen molar-refractivity contribution < 1.29 is 4.74 Å². The number of ether oxygens (including phenoxy) is 1. The first kappa shape index (κ1) is 14.8. The van der Waals surface area contributed by atoms with E-state index in [0.29, 0.717) is 5.92 Å². The van der Waals surface area contributed by atoms with Gasteiger partial charge in [-0.15, -0.1) is 0 Å². The van der Waals surface area contributed by atoms with Crippen LogP contribution in [0.5, 0.6) is 5.75 Å². The first-order valence-electron chi connectivity index (χ1n) is 6.49. The van der Waals surface area contributed by atoms with Crippen molar-refractivity contribution in [1.29, 1.82) is 0 Å². The third kappa shape index (κ3) is 3.91. The van der Waals surface area contributed by atoms with Gasteiger partial charge in [-0.25, -0.2) is 0 Å². The summed E-state index contributed by atoms with van der Waals surface area (Å²) < 4.78 is 5.51. The average Bonchev–Trinajstić information content (AvgIpc) is 2.34. The van der Waals surface area contributed by atoms with Crippen LogP contribution in [0.4, 0.5) is 5.69 Å². The molecule has 0 aliphatic carbocycles. The molecule has 0 saturated carbocycles. The van der Waals surface area contributed by atoms with Crippen molar-refractivity contribution in [3.05, 3.63) is 23.8 Å². The number of hydrogen-bond donors (Lipinski definition) is 0. The van der Waals surface area contributed by atoms with Crippen LogP contribution in [0.3, 0.4) is 0 Å². The van der Waals surface area contributed by atoms with Crippen LogP contribution in [0.1, 0.15) is 25.3 Å². The number of methoxy groups -OCH3 is 1. The lowest BCUT2D eigenvalue weighted by molar-refractivity contribution is 0.405. The van der Waals surface area contributed by atoms with E-state index in [1.54, 1.807) is 7.11 Å². The topological polar surface area (TPSA) is 15.7 Å². The van der Waals surface area contributed by atoms with Gasteiger partial charge in [-0.05, 0) is 37.7 Å². The van der Waals surface area contributed by atoms with Gasteiger partial charge in [0.05, 0.1) is 12.8 Å². The van der Waals surface area contributed by atoms with E-state index in [9.17, 15) is 0 Å². The Balaban J connectivity index is 2.87. The van der Waals surface area contributed by atoms with Gasteiger partial charge in [0.25, 0.3) is 0 Å². The Morgan fingerprint density at radius 2 is 1.78 bits per heavy atom. The summed E-state index contributed by atoms with van der Waals surface area (Å²) >= 11 is 0. The summed E-state index contributed by atoms with van der Waals surface area (Å²) in [6.45, 7) is 6.42. The van der Waals surface area contributed by atoms with Crippen LogP contribution in [-0.4, -0.2) is 46.2 Å². The predicted molar refractivity (Wildman–Crippen MR) is 78.9 cm³/mol. The molecule has 0 heterocycles. The van der Waals surface area contributed by atoms with Gasteiger partial charge in [0.2, 0.25) is 0 Å². The maximum absolute atomic E-state index is 5.51. The lowest BCUT2D eigenvalue weighted by atomic mass is 10.0. The lowest BCUT2D eigenvalue weighted by Gasteiger charge is -2.24. The van der Waals surface area contributed by atoms with E-state index in [0.717, 1.165) is 24.5 Å². The molecule has 1 aromatic carbocycles. The number of benzene rings is 1. The van der Waals surface area contributed by atoms with E-state index < -0.39 is 0 Å². The molecule has 0 spiro atoms. The van der Waals surface area contributed by atoms with E-state index in [1.807, 2.05) is 0 Å². The molecule has 0 aliphatic heterocycles. The van der Waals surface area contributed by atoms with Crippen LogP contribution < -0.4 is 9.64 Å². The number of likely N-dealkylation sites (N-methyl/N-ethyl adjacent to an activating group) is 2. The molecule has 0 atom stereocenters. The van der Waals surface area contributed by atoms with Crippen molar-refractivity contribution >= 4 is 5.69 Å². The fourth-order valence-electron chi connectivity index (χ4n) is 1.84. The van der Waals surface area contributed by atoms with E-state index >= 15 is 0 Å². The fraction of sp³-hybridized carbons (Fsp3) is 0.600. The minimum atomic E-state index is 0.528. The quantitative estimate of drug-likeness (QED) is 0.772. The highest BCUT2D eigenvalue weighted by Crippen LogP contribution is 2.30. The minimum Gasteiger partial charge on any atom is -0.495 e. The second-order valence-corrected chi connectivity index (χ2v) is 5.31. The predicted octanol–water partition coefficient (Wildman–Crippen LogP) is 2.82. The summed E-state index contributed by atoms with van der Waals surface area (Å²) in [6, 6.07) is 6.49. The van der Waals surface area contributed by atoms with Gasteiger partial charge < -0.3 is 14.5 Å². The molecule has 3 heteroatoms. The third-order valence-electron chi connectivity index (χ3n) is 3.16. The molecule has 1 aromatic rings. The standard InChI is InChI=1S/C15H26N2O/c1-12(2)13-7-8-14(15(11-13)18-6)17(5)10-9-16(3)4/h7-8,11-12H,9-10H2,1-6H3. The molecule has 0 amide bonds. The Bertz CT molecular complexity index is 375. The first-order chi connectivity index (χ1) is 8.45. The molecular formula is C15H26N2O. The fourth-order valence-corrected chi connectivity index (χ4v) is 1.84. The summed E-state index contributed by atoms with van der Waals surface area (Å²) in [4.78, 5) is 4.43. The maximum Gasteiger partial charge on any atom is 0.142 e. The summed E-state index contributed by atoms with van der Waals surface area (Å²) in [5.41, 5.74) is 2.47. The Morgan fingerprint density at radius 3 is 2.28 bits per heavy atom. The summed E-state index contributed by atoms with van der Waals surface area (Å²) in [5.74, 6) is 1.49. The molecule has 0 N–H and O–H groups in total. The van der Waals surface area contributed by atoms with Crippen LogP contribution in [0, 0.1) is 0 Å². The third-order valence-corrected chi connectivity index (χ3v) is 3.16. The van der Waals surface area contributed by atoms with Crippen molar-refractivity contribution in [2.24, 2.45) is 0 Å². The van der Waals surface area contributed by atoms with Gasteiger partial charge in [0.1, 0.15) is 5.75 Å². The number of hydrogen-bond acceptors (Lipinski definition) is 3. The number of nitrogens with zero attached hydrogens (tertiary/aromatic N) is 2. The molecule has 102 valence electrons. The van der Waals surface area contributed by atoms with Gasteiger partial charge in [0.15, 0.2) is 0 Å². The zero-order valence-electron chi connectivity index (χ0n) is 12.5. The Hall–Kier alpha value is -1.22. The second kappa shape index (κ2) is 6.64. The minimum absolute atomic E-state index is 0.528. The SMILES string of the molecule is COc1cc(C(C)C)ccc1N(C)CCN(C)C. The van der Waals surface area contributed by atoms with E-state index in [2.05, 4.69) is 63.0 Å². The zero-order valence-corrected chi connectivity index (χ0v) is 12.5. The largest absolute Gasteiger partial charge is 0.495 e. The van der Waals surface area contributed by atoms with Crippen LogP contribution >= 0.6 is 0 Å². The number of anilines is 1. The van der Waals surface area contributed by atoms with Crippen LogP contribution in [-0.2, 0) is 0 Å². The second-order valence-electron chi connectivity index (χ2n) is 5.31. The van der Waals surface area contributed by atoms with Crippen LogP contribution in [0.15, 0.2) is 18.2 Å². The zero-order chi connectivity index (χ0) is 13.7.